The van der Waals surface area contributed by atoms with Crippen molar-refractivity contribution in [2.45, 2.75) is 6.54 Å². The number of hydrazine groups is 1. The molecule has 0 aliphatic heterocycles. The lowest BCUT2D eigenvalue weighted by molar-refractivity contribution is -0.384. The van der Waals surface area contributed by atoms with Crippen LogP contribution < -0.4 is 16.6 Å². The maximum Gasteiger partial charge on any atom is 0.294 e. The van der Waals surface area contributed by atoms with Crippen LogP contribution >= 0.6 is 0 Å². The van der Waals surface area contributed by atoms with E-state index in [1.807, 2.05) is 0 Å². The van der Waals surface area contributed by atoms with Gasteiger partial charge < -0.3 is 10.7 Å². The number of anilines is 1. The standard InChI is InChI=1S/C13H13N5O3/c14-17-12-10(2-1-3-11(12)18(20)21)13(19)16-8-9-4-6-15-7-5-9/h1-7,17H,8,14H2,(H,16,19). The quantitative estimate of drug-likeness (QED) is 0.431. The normalized spacial score (nSPS) is 9.95. The van der Waals surface area contributed by atoms with Crippen LogP contribution in [-0.2, 0) is 6.54 Å². The Bertz CT molecular complexity index is 660. The first kappa shape index (κ1) is 14.4. The number of hydrogen-bond acceptors (Lipinski definition) is 6. The molecule has 0 unspecified atom stereocenters. The molecule has 1 aromatic heterocycles. The number of nitrogen functional groups attached to an aromatic ring is 1. The summed E-state index contributed by atoms with van der Waals surface area (Å²) in [7, 11) is 0. The van der Waals surface area contributed by atoms with Crippen molar-refractivity contribution in [3.63, 3.8) is 0 Å². The van der Waals surface area contributed by atoms with Gasteiger partial charge in [0.05, 0.1) is 10.5 Å². The summed E-state index contributed by atoms with van der Waals surface area (Å²) in [4.78, 5) is 26.3. The Morgan fingerprint density at radius 1 is 1.29 bits per heavy atom. The number of nitro benzene ring substituents is 1. The van der Waals surface area contributed by atoms with Gasteiger partial charge in [0.2, 0.25) is 0 Å². The first-order chi connectivity index (χ1) is 10.1. The van der Waals surface area contributed by atoms with Crippen molar-refractivity contribution in [1.82, 2.24) is 10.3 Å². The summed E-state index contributed by atoms with van der Waals surface area (Å²) in [6, 6.07) is 7.69. The summed E-state index contributed by atoms with van der Waals surface area (Å²) in [5, 5.41) is 13.6. The van der Waals surface area contributed by atoms with Gasteiger partial charge in [-0.3, -0.25) is 25.7 Å². The number of amides is 1. The number of nitrogens with zero attached hydrogens (tertiary/aromatic N) is 2. The molecule has 2 aromatic rings. The molecule has 4 N–H and O–H groups in total. The van der Waals surface area contributed by atoms with Crippen LogP contribution in [0.1, 0.15) is 15.9 Å². The van der Waals surface area contributed by atoms with Crippen LogP contribution in [0.2, 0.25) is 0 Å². The van der Waals surface area contributed by atoms with Crippen LogP contribution in [0.25, 0.3) is 0 Å². The molecule has 8 heteroatoms. The van der Waals surface area contributed by atoms with Crippen LogP contribution in [-0.4, -0.2) is 15.8 Å². The molecule has 0 saturated heterocycles. The predicted octanol–water partition coefficient (Wildman–Crippen LogP) is 1.21. The lowest BCUT2D eigenvalue weighted by Crippen LogP contribution is -2.25. The molecule has 21 heavy (non-hydrogen) atoms. The maximum atomic E-state index is 12.1. The van der Waals surface area contributed by atoms with Gasteiger partial charge in [0.25, 0.3) is 11.6 Å². The number of para-hydroxylation sites is 1. The largest absolute Gasteiger partial charge is 0.348 e. The van der Waals surface area contributed by atoms with E-state index < -0.39 is 10.8 Å². The first-order valence-corrected chi connectivity index (χ1v) is 6.04. The Labute approximate surface area is 120 Å². The lowest BCUT2D eigenvalue weighted by Gasteiger charge is -2.10. The summed E-state index contributed by atoms with van der Waals surface area (Å²) < 4.78 is 0. The SMILES string of the molecule is NNc1c(C(=O)NCc2ccncc2)cccc1[N+](=O)[O-]. The van der Waals surface area contributed by atoms with E-state index in [2.05, 4.69) is 15.7 Å². The van der Waals surface area contributed by atoms with Crippen molar-refractivity contribution in [2.24, 2.45) is 5.84 Å². The lowest BCUT2D eigenvalue weighted by atomic mass is 10.1. The van der Waals surface area contributed by atoms with Gasteiger partial charge in [-0.15, -0.1) is 0 Å². The van der Waals surface area contributed by atoms with E-state index in [0.29, 0.717) is 0 Å². The van der Waals surface area contributed by atoms with Crippen LogP contribution in [0.15, 0.2) is 42.7 Å². The molecule has 0 atom stereocenters. The Morgan fingerprint density at radius 3 is 2.62 bits per heavy atom. The number of hydrogen-bond donors (Lipinski definition) is 3. The van der Waals surface area contributed by atoms with Crippen LogP contribution in [0.3, 0.4) is 0 Å². The highest BCUT2D eigenvalue weighted by molar-refractivity contribution is 6.01. The van der Waals surface area contributed by atoms with E-state index >= 15 is 0 Å². The molecule has 0 saturated carbocycles. The minimum absolute atomic E-state index is 0.0188. The summed E-state index contributed by atoms with van der Waals surface area (Å²) >= 11 is 0. The third-order valence-electron chi connectivity index (χ3n) is 2.83. The zero-order valence-corrected chi connectivity index (χ0v) is 10.9. The number of nitrogens with two attached hydrogens (primary N) is 1. The van der Waals surface area contributed by atoms with Crippen molar-refractivity contribution in [3.05, 3.63) is 64.0 Å². The molecule has 0 aliphatic rings. The van der Waals surface area contributed by atoms with Gasteiger partial charge in [0, 0.05) is 25.0 Å². The van der Waals surface area contributed by atoms with Crippen LogP contribution in [0.4, 0.5) is 11.4 Å². The number of rotatable bonds is 5. The molecular formula is C13H13N5O3. The highest BCUT2D eigenvalue weighted by Crippen LogP contribution is 2.27. The second-order valence-corrected chi connectivity index (χ2v) is 4.14. The average molecular weight is 287 g/mol. The fourth-order valence-electron chi connectivity index (χ4n) is 1.81. The number of aromatic nitrogens is 1. The van der Waals surface area contributed by atoms with Crippen molar-refractivity contribution >= 4 is 17.3 Å². The number of pyridine rings is 1. The predicted molar refractivity (Wildman–Crippen MR) is 76.3 cm³/mol. The second-order valence-electron chi connectivity index (χ2n) is 4.14. The summed E-state index contributed by atoms with van der Waals surface area (Å²) in [5.74, 6) is 4.84. The third kappa shape index (κ3) is 3.31. The monoisotopic (exact) mass is 287 g/mol. The highest BCUT2D eigenvalue weighted by Gasteiger charge is 2.20. The number of nitrogens with one attached hydrogen (secondary N) is 2. The van der Waals surface area contributed by atoms with Crippen molar-refractivity contribution in [1.29, 1.82) is 0 Å². The van der Waals surface area contributed by atoms with Crippen LogP contribution in [0.5, 0.6) is 0 Å². The first-order valence-electron chi connectivity index (χ1n) is 6.04. The van der Waals surface area contributed by atoms with E-state index in [4.69, 9.17) is 5.84 Å². The number of carbonyl (C=O) groups is 1. The van der Waals surface area contributed by atoms with Crippen molar-refractivity contribution < 1.29 is 9.72 Å². The third-order valence-corrected chi connectivity index (χ3v) is 2.83. The van der Waals surface area contributed by atoms with Gasteiger partial charge in [-0.2, -0.15) is 0 Å². The van der Waals surface area contributed by atoms with E-state index in [0.717, 1.165) is 5.56 Å². The molecule has 2 rings (SSSR count). The van der Waals surface area contributed by atoms with Crippen molar-refractivity contribution in [2.75, 3.05) is 5.43 Å². The van der Waals surface area contributed by atoms with Crippen molar-refractivity contribution in [3.8, 4) is 0 Å². The highest BCUT2D eigenvalue weighted by atomic mass is 16.6. The Kier molecular flexibility index (Phi) is 4.42. The molecule has 0 radical (unpaired) electrons. The fraction of sp³-hybridized carbons (Fsp3) is 0.0769. The molecule has 0 bridgehead atoms. The topological polar surface area (TPSA) is 123 Å². The summed E-state index contributed by atoms with van der Waals surface area (Å²) in [6.07, 6.45) is 3.23. The molecule has 1 heterocycles. The average Bonchev–Trinajstić information content (AvgIpc) is 2.52. The van der Waals surface area contributed by atoms with Gasteiger partial charge in [-0.05, 0) is 23.8 Å². The minimum Gasteiger partial charge on any atom is -0.348 e. The molecule has 8 nitrogen and oxygen atoms in total. The van der Waals surface area contributed by atoms with Gasteiger partial charge in [0.1, 0.15) is 5.69 Å². The van der Waals surface area contributed by atoms with E-state index in [1.54, 1.807) is 24.5 Å². The zero-order chi connectivity index (χ0) is 15.2. The molecule has 0 spiro atoms. The van der Waals surface area contributed by atoms with Gasteiger partial charge in [-0.25, -0.2) is 0 Å². The van der Waals surface area contributed by atoms with Gasteiger partial charge in [-0.1, -0.05) is 6.07 Å². The zero-order valence-electron chi connectivity index (χ0n) is 10.9. The van der Waals surface area contributed by atoms with Gasteiger partial charge >= 0.3 is 0 Å². The molecule has 1 amide bonds. The summed E-state index contributed by atoms with van der Waals surface area (Å²) in [6.45, 7) is 0.286. The molecule has 1 aromatic carbocycles. The second kappa shape index (κ2) is 6.44. The molecule has 108 valence electrons. The fourth-order valence-corrected chi connectivity index (χ4v) is 1.81. The Morgan fingerprint density at radius 2 is 2.00 bits per heavy atom. The maximum absolute atomic E-state index is 12.1. The summed E-state index contributed by atoms with van der Waals surface area (Å²) in [5.41, 5.74) is 2.92. The molecular weight excluding hydrogens is 274 g/mol. The van der Waals surface area contributed by atoms with E-state index in [1.165, 1.54) is 18.2 Å². The smallest absolute Gasteiger partial charge is 0.294 e. The number of carbonyl (C=O) groups excluding carboxylic acids is 1. The molecule has 0 fully saturated rings. The van der Waals surface area contributed by atoms with Crippen LogP contribution in [0, 0.1) is 10.1 Å². The van der Waals surface area contributed by atoms with E-state index in [-0.39, 0.29) is 23.5 Å². The Hall–Kier alpha value is -3.00. The molecule has 0 aliphatic carbocycles. The number of benzene rings is 1. The number of nitro groups is 1. The van der Waals surface area contributed by atoms with Gasteiger partial charge in [0.15, 0.2) is 0 Å². The minimum atomic E-state index is -0.602. The van der Waals surface area contributed by atoms with E-state index in [9.17, 15) is 14.9 Å². The Balaban J connectivity index is 2.19.